The van der Waals surface area contributed by atoms with Crippen molar-refractivity contribution >= 4 is 44.9 Å². The molecule has 0 saturated carbocycles. The largest absolute Gasteiger partial charge is 0.458 e. The molecule has 3 heterocycles. The number of fused-ring (bicyclic) bond motifs is 7. The van der Waals surface area contributed by atoms with E-state index in [-0.39, 0.29) is 17.5 Å². The summed E-state index contributed by atoms with van der Waals surface area (Å²) >= 11 is 0. The Morgan fingerprint density at radius 2 is 0.907 bits per heavy atom. The summed E-state index contributed by atoms with van der Waals surface area (Å²) in [7, 11) is 0. The van der Waals surface area contributed by atoms with Crippen LogP contribution in [-0.4, -0.2) is 11.3 Å². The Labute approximate surface area is 317 Å². The second-order valence-corrected chi connectivity index (χ2v) is 17.0. The highest BCUT2D eigenvalue weighted by Gasteiger charge is 2.42. The van der Waals surface area contributed by atoms with E-state index in [2.05, 4.69) is 192 Å². The lowest BCUT2D eigenvalue weighted by Crippen LogP contribution is -2.57. The van der Waals surface area contributed by atoms with E-state index in [1.54, 1.807) is 0 Å². The molecule has 0 spiro atoms. The monoisotopic (exact) mass is 699 g/mol. The highest BCUT2D eigenvalue weighted by Crippen LogP contribution is 2.44. The molecule has 3 nitrogen and oxygen atoms in total. The summed E-state index contributed by atoms with van der Waals surface area (Å²) in [5.41, 5.74) is 13.8. The van der Waals surface area contributed by atoms with Crippen LogP contribution in [0.5, 0.6) is 23.0 Å². The van der Waals surface area contributed by atoms with Gasteiger partial charge in [0.1, 0.15) is 23.0 Å². The van der Waals surface area contributed by atoms with Crippen LogP contribution in [0.1, 0.15) is 52.7 Å². The van der Waals surface area contributed by atoms with E-state index in [1.807, 2.05) is 0 Å². The number of para-hydroxylation sites is 2. The summed E-state index contributed by atoms with van der Waals surface area (Å²) < 4.78 is 16.7. The zero-order chi connectivity index (χ0) is 36.9. The second kappa shape index (κ2) is 11.8. The summed E-state index contributed by atoms with van der Waals surface area (Å²) in [5, 5.41) is 2.51. The Bertz CT molecular complexity index is 2600. The third kappa shape index (κ3) is 5.04. The summed E-state index contributed by atoms with van der Waals surface area (Å²) in [4.78, 5) is 0. The maximum Gasteiger partial charge on any atom is 0.260 e. The number of hydrogen-bond donors (Lipinski definition) is 0. The first-order valence-electron chi connectivity index (χ1n) is 19.0. The van der Waals surface area contributed by atoms with Crippen molar-refractivity contribution in [3.8, 4) is 50.9 Å². The normalized spacial score (nSPS) is 13.3. The Balaban J connectivity index is 1.26. The fourth-order valence-corrected chi connectivity index (χ4v) is 8.58. The summed E-state index contributed by atoms with van der Waals surface area (Å²) in [6, 6.07) is 52.7. The predicted octanol–water partition coefficient (Wildman–Crippen LogP) is 11.4. The fourth-order valence-electron chi connectivity index (χ4n) is 8.58. The molecule has 2 aliphatic rings. The van der Waals surface area contributed by atoms with Gasteiger partial charge < -0.3 is 14.0 Å². The summed E-state index contributed by atoms with van der Waals surface area (Å²) in [6.07, 6.45) is 0. The van der Waals surface area contributed by atoms with Gasteiger partial charge in [-0.15, -0.1) is 0 Å². The van der Waals surface area contributed by atoms with Gasteiger partial charge in [-0.1, -0.05) is 151 Å². The van der Waals surface area contributed by atoms with Crippen LogP contribution in [-0.2, 0) is 10.8 Å². The van der Waals surface area contributed by atoms with E-state index in [0.717, 1.165) is 78.4 Å². The van der Waals surface area contributed by atoms with Crippen molar-refractivity contribution in [2.45, 2.75) is 52.4 Å². The lowest BCUT2D eigenvalue weighted by molar-refractivity contribution is 0.466. The Morgan fingerprint density at radius 3 is 1.33 bits per heavy atom. The van der Waals surface area contributed by atoms with Crippen molar-refractivity contribution in [3.63, 3.8) is 0 Å². The third-order valence-electron chi connectivity index (χ3n) is 11.4. The lowest BCUT2D eigenvalue weighted by Gasteiger charge is -2.35. The molecule has 0 unspecified atom stereocenters. The molecule has 0 aliphatic carbocycles. The molecule has 0 atom stereocenters. The van der Waals surface area contributed by atoms with E-state index in [4.69, 9.17) is 9.47 Å². The fraction of sp³-hybridized carbons (Fsp3) is 0.160. The molecule has 262 valence electrons. The van der Waals surface area contributed by atoms with Crippen LogP contribution in [0.25, 0.3) is 49.7 Å². The minimum Gasteiger partial charge on any atom is -0.458 e. The molecule has 10 rings (SSSR count). The predicted molar refractivity (Wildman–Crippen MR) is 227 cm³/mol. The van der Waals surface area contributed by atoms with Gasteiger partial charge in [0.05, 0.1) is 16.7 Å². The van der Waals surface area contributed by atoms with E-state index in [0.29, 0.717) is 0 Å². The van der Waals surface area contributed by atoms with Gasteiger partial charge in [0.25, 0.3) is 6.71 Å². The molecule has 0 fully saturated rings. The van der Waals surface area contributed by atoms with E-state index in [9.17, 15) is 0 Å². The first kappa shape index (κ1) is 32.6. The van der Waals surface area contributed by atoms with Gasteiger partial charge in [0.2, 0.25) is 0 Å². The van der Waals surface area contributed by atoms with Gasteiger partial charge in [-0.05, 0) is 68.3 Å². The minimum atomic E-state index is -0.0642. The molecular weight excluding hydrogens is 657 g/mol. The van der Waals surface area contributed by atoms with Crippen LogP contribution >= 0.6 is 0 Å². The van der Waals surface area contributed by atoms with Crippen molar-refractivity contribution in [3.05, 3.63) is 157 Å². The van der Waals surface area contributed by atoms with Crippen molar-refractivity contribution in [2.24, 2.45) is 0 Å². The van der Waals surface area contributed by atoms with Gasteiger partial charge in [0, 0.05) is 39.5 Å². The number of rotatable bonds is 3. The quantitative estimate of drug-likeness (QED) is 0.171. The number of aromatic nitrogens is 1. The minimum absolute atomic E-state index is 0.0185. The summed E-state index contributed by atoms with van der Waals surface area (Å²) in [5.74, 6) is 3.45. The van der Waals surface area contributed by atoms with Crippen LogP contribution < -0.4 is 25.9 Å². The zero-order valence-electron chi connectivity index (χ0n) is 31.7. The molecule has 8 aromatic rings. The first-order valence-corrected chi connectivity index (χ1v) is 19.0. The highest BCUT2D eigenvalue weighted by molar-refractivity contribution is 6.98. The van der Waals surface area contributed by atoms with Crippen molar-refractivity contribution in [1.29, 1.82) is 0 Å². The molecule has 54 heavy (non-hydrogen) atoms. The molecule has 2 aliphatic heterocycles. The molecule has 0 N–H and O–H groups in total. The van der Waals surface area contributed by atoms with Crippen LogP contribution in [0.4, 0.5) is 0 Å². The van der Waals surface area contributed by atoms with E-state index < -0.39 is 0 Å². The number of ether oxygens (including phenoxy) is 2. The Hall–Kier alpha value is -6.00. The molecule has 1 aromatic heterocycles. The molecule has 0 radical (unpaired) electrons. The van der Waals surface area contributed by atoms with Crippen LogP contribution in [0.15, 0.2) is 146 Å². The van der Waals surface area contributed by atoms with Crippen LogP contribution in [0.2, 0.25) is 0 Å². The van der Waals surface area contributed by atoms with Gasteiger partial charge in [-0.2, -0.15) is 0 Å². The number of nitrogens with zero attached hydrogens (tertiary/aromatic N) is 1. The zero-order valence-corrected chi connectivity index (χ0v) is 31.7. The van der Waals surface area contributed by atoms with Crippen molar-refractivity contribution in [2.75, 3.05) is 0 Å². The standard InChI is InChI=1S/C50H42BNO2/c1-49(2,3)33-23-25-42-38(27-33)39-28-34(50(4,5)6)24-26-43(39)52(42)35-29-44-46-45(30-35)54-48-37(32-17-11-8-12-18-32)20-14-22-41(48)51(46)40-21-13-19-36(47(40)53-44)31-15-9-7-10-16-31/h7-30H,1-6H3. The second-order valence-electron chi connectivity index (χ2n) is 17.0. The Morgan fingerprint density at radius 1 is 0.463 bits per heavy atom. The molecular formula is C50H42BNO2. The van der Waals surface area contributed by atoms with Crippen molar-refractivity contribution < 1.29 is 9.47 Å². The highest BCUT2D eigenvalue weighted by atomic mass is 16.5. The van der Waals surface area contributed by atoms with E-state index >= 15 is 0 Å². The molecule has 0 saturated heterocycles. The average Bonchev–Trinajstić information content (AvgIpc) is 3.50. The van der Waals surface area contributed by atoms with Gasteiger partial charge in [-0.3, -0.25) is 0 Å². The Kier molecular flexibility index (Phi) is 7.10. The topological polar surface area (TPSA) is 23.4 Å². The average molecular weight is 700 g/mol. The molecule has 0 amide bonds. The third-order valence-corrected chi connectivity index (χ3v) is 11.4. The number of benzene rings is 7. The van der Waals surface area contributed by atoms with Gasteiger partial charge >= 0.3 is 0 Å². The lowest BCUT2D eigenvalue weighted by atomic mass is 9.34. The smallest absolute Gasteiger partial charge is 0.260 e. The van der Waals surface area contributed by atoms with Crippen LogP contribution in [0, 0.1) is 0 Å². The van der Waals surface area contributed by atoms with Crippen molar-refractivity contribution in [1.82, 2.24) is 4.57 Å². The first-order chi connectivity index (χ1) is 26.0. The van der Waals surface area contributed by atoms with Gasteiger partial charge in [0.15, 0.2) is 0 Å². The maximum atomic E-state index is 7.14. The van der Waals surface area contributed by atoms with E-state index in [1.165, 1.54) is 21.9 Å². The number of hydrogen-bond acceptors (Lipinski definition) is 2. The summed E-state index contributed by atoms with van der Waals surface area (Å²) in [6.45, 7) is 13.7. The SMILES string of the molecule is CC(C)(C)c1ccc2c(c1)c1cc(C(C)(C)C)ccc1n2-c1cc2c3c(c1)Oc1c(cccc1-c1ccccc1)B3c1cccc(-c3ccccc3)c1O2. The maximum absolute atomic E-state index is 7.14. The molecule has 7 aromatic carbocycles. The molecule has 0 bridgehead atoms. The van der Waals surface area contributed by atoms with Gasteiger partial charge in [-0.25, -0.2) is 0 Å². The molecule has 4 heteroatoms. The van der Waals surface area contributed by atoms with Crippen LogP contribution in [0.3, 0.4) is 0 Å².